The fourth-order valence-electron chi connectivity index (χ4n) is 0.928. The molecule has 0 atom stereocenters. The number of rotatable bonds is 5. The first-order valence-electron chi connectivity index (χ1n) is 4.11. The number of allylic oxidation sites excluding steroid dienone is 2. The van der Waals surface area contributed by atoms with E-state index in [4.69, 9.17) is 0 Å². The van der Waals surface area contributed by atoms with Crippen LogP contribution < -0.4 is 0 Å². The van der Waals surface area contributed by atoms with Crippen LogP contribution in [0.2, 0.25) is 0 Å². The van der Waals surface area contributed by atoms with Crippen LogP contribution >= 0.6 is 12.6 Å². The summed E-state index contributed by atoms with van der Waals surface area (Å²) in [5, 5.41) is 0. The highest BCUT2D eigenvalue weighted by molar-refractivity contribution is 7.84. The summed E-state index contributed by atoms with van der Waals surface area (Å²) in [4.78, 5) is 2.93. The molecule has 68 valence electrons. The molecule has 0 aliphatic carbocycles. The Hall–Kier alpha value is -0.630. The molecule has 0 fully saturated rings. The summed E-state index contributed by atoms with van der Waals surface area (Å²) in [6.07, 6.45) is 3.78. The molecule has 1 nitrogen and oxygen atoms in total. The average Bonchev–Trinajstić information content (AvgIpc) is 2.03. The fourth-order valence-corrected chi connectivity index (χ4v) is 1.00. The molecule has 0 saturated carbocycles. The van der Waals surface area contributed by atoms with Crippen molar-refractivity contribution >= 4 is 12.6 Å². The van der Waals surface area contributed by atoms with Crippen molar-refractivity contribution in [2.24, 2.45) is 0 Å². The summed E-state index contributed by atoms with van der Waals surface area (Å²) >= 11 is 4.06. The summed E-state index contributed by atoms with van der Waals surface area (Å²) in [5.74, 6) is 0. The van der Waals surface area contributed by atoms with Crippen LogP contribution in [-0.4, -0.2) is 18.0 Å². The monoisotopic (exact) mass is 183 g/mol. The van der Waals surface area contributed by atoms with Gasteiger partial charge in [-0.1, -0.05) is 13.2 Å². The van der Waals surface area contributed by atoms with E-state index in [-0.39, 0.29) is 0 Å². The minimum absolute atomic E-state index is 0.753. The molecule has 0 heterocycles. The molecule has 0 spiro atoms. The smallest absolute Gasteiger partial charge is 0.0293 e. The molecule has 12 heavy (non-hydrogen) atoms. The lowest BCUT2D eigenvalue weighted by Crippen LogP contribution is -2.20. The Labute approximate surface area is 80.9 Å². The molecule has 0 N–H and O–H groups in total. The van der Waals surface area contributed by atoms with Gasteiger partial charge in [-0.25, -0.2) is 0 Å². The maximum atomic E-state index is 4.06. The van der Waals surface area contributed by atoms with Crippen molar-refractivity contribution in [3.63, 3.8) is 0 Å². The number of hydrogen-bond donors (Lipinski definition) is 1. The van der Waals surface area contributed by atoms with Gasteiger partial charge in [0, 0.05) is 18.8 Å². The van der Waals surface area contributed by atoms with Gasteiger partial charge < -0.3 is 4.90 Å². The SMILES string of the molecule is C=C(S)/C=C\C(=C)N(CC)CC. The van der Waals surface area contributed by atoms with Crippen molar-refractivity contribution in [3.8, 4) is 0 Å². The standard InChI is InChI=1S/C10H17NS/c1-5-11(6-2)9(3)7-8-10(4)12/h7-8,12H,3-6H2,1-2H3/b8-7-. The van der Waals surface area contributed by atoms with E-state index in [0.29, 0.717) is 0 Å². The van der Waals surface area contributed by atoms with Gasteiger partial charge in [0.2, 0.25) is 0 Å². The van der Waals surface area contributed by atoms with Crippen LogP contribution in [0, 0.1) is 0 Å². The van der Waals surface area contributed by atoms with E-state index < -0.39 is 0 Å². The average molecular weight is 183 g/mol. The molecule has 0 unspecified atom stereocenters. The zero-order valence-corrected chi connectivity index (χ0v) is 8.77. The third-order valence-electron chi connectivity index (χ3n) is 1.64. The fraction of sp³-hybridized carbons (Fsp3) is 0.400. The van der Waals surface area contributed by atoms with Gasteiger partial charge in [-0.05, 0) is 30.9 Å². The summed E-state index contributed by atoms with van der Waals surface area (Å²) in [7, 11) is 0. The first-order chi connectivity index (χ1) is 5.61. The molecule has 0 radical (unpaired) electrons. The van der Waals surface area contributed by atoms with E-state index in [9.17, 15) is 0 Å². The lowest BCUT2D eigenvalue weighted by Gasteiger charge is -2.20. The molecule has 0 amide bonds. The third-order valence-corrected chi connectivity index (χ3v) is 1.79. The van der Waals surface area contributed by atoms with Gasteiger partial charge in [0.25, 0.3) is 0 Å². The molecule has 0 rings (SSSR count). The Kier molecular flexibility index (Phi) is 5.64. The lowest BCUT2D eigenvalue weighted by molar-refractivity contribution is 0.396. The van der Waals surface area contributed by atoms with Crippen molar-refractivity contribution in [2.75, 3.05) is 13.1 Å². The third kappa shape index (κ3) is 4.29. The Bertz CT molecular complexity index is 190. The summed E-state index contributed by atoms with van der Waals surface area (Å²) in [6, 6.07) is 0. The molecule has 2 heteroatoms. The number of hydrogen-bond acceptors (Lipinski definition) is 2. The minimum atomic E-state index is 0.753. The highest BCUT2D eigenvalue weighted by Gasteiger charge is 1.97. The quantitative estimate of drug-likeness (QED) is 0.506. The Morgan fingerprint density at radius 1 is 1.25 bits per heavy atom. The highest BCUT2D eigenvalue weighted by Crippen LogP contribution is 2.05. The van der Waals surface area contributed by atoms with Gasteiger partial charge in [-0.3, -0.25) is 0 Å². The molecule has 0 aliphatic rings. The van der Waals surface area contributed by atoms with Gasteiger partial charge in [-0.15, -0.1) is 12.6 Å². The van der Waals surface area contributed by atoms with Crippen LogP contribution in [0.5, 0.6) is 0 Å². The molecular weight excluding hydrogens is 166 g/mol. The van der Waals surface area contributed by atoms with Crippen LogP contribution in [0.3, 0.4) is 0 Å². The van der Waals surface area contributed by atoms with Crippen LogP contribution in [0.4, 0.5) is 0 Å². The predicted molar refractivity (Wildman–Crippen MR) is 59.3 cm³/mol. The van der Waals surface area contributed by atoms with Crippen molar-refractivity contribution in [1.82, 2.24) is 4.90 Å². The van der Waals surface area contributed by atoms with Crippen LogP contribution in [-0.2, 0) is 0 Å². The van der Waals surface area contributed by atoms with E-state index in [0.717, 1.165) is 23.7 Å². The van der Waals surface area contributed by atoms with Crippen molar-refractivity contribution in [1.29, 1.82) is 0 Å². The van der Waals surface area contributed by atoms with Crippen molar-refractivity contribution in [3.05, 3.63) is 35.9 Å². The molecule has 0 aromatic carbocycles. The minimum Gasteiger partial charge on any atom is -0.373 e. The molecule has 0 aliphatic heterocycles. The Morgan fingerprint density at radius 3 is 2.08 bits per heavy atom. The van der Waals surface area contributed by atoms with E-state index in [1.807, 2.05) is 12.2 Å². The van der Waals surface area contributed by atoms with E-state index in [2.05, 4.69) is 44.5 Å². The van der Waals surface area contributed by atoms with Gasteiger partial charge in [-0.2, -0.15) is 0 Å². The second kappa shape index (κ2) is 5.95. The van der Waals surface area contributed by atoms with Gasteiger partial charge in [0.1, 0.15) is 0 Å². The number of thiol groups is 1. The maximum Gasteiger partial charge on any atom is 0.0293 e. The molecule has 0 aromatic heterocycles. The van der Waals surface area contributed by atoms with Crippen LogP contribution in [0.1, 0.15) is 13.8 Å². The maximum absolute atomic E-state index is 4.06. The number of nitrogens with zero attached hydrogens (tertiary/aromatic N) is 1. The van der Waals surface area contributed by atoms with Gasteiger partial charge in [0.15, 0.2) is 0 Å². The van der Waals surface area contributed by atoms with Gasteiger partial charge in [0.05, 0.1) is 0 Å². The Morgan fingerprint density at radius 2 is 1.75 bits per heavy atom. The first-order valence-corrected chi connectivity index (χ1v) is 4.56. The second-order valence-electron chi connectivity index (χ2n) is 2.49. The van der Waals surface area contributed by atoms with E-state index in [1.165, 1.54) is 0 Å². The molecule has 0 saturated heterocycles. The first kappa shape index (κ1) is 11.4. The van der Waals surface area contributed by atoms with Crippen molar-refractivity contribution in [2.45, 2.75) is 13.8 Å². The zero-order valence-electron chi connectivity index (χ0n) is 7.88. The van der Waals surface area contributed by atoms with Gasteiger partial charge >= 0.3 is 0 Å². The van der Waals surface area contributed by atoms with Crippen LogP contribution in [0.15, 0.2) is 35.9 Å². The highest BCUT2D eigenvalue weighted by atomic mass is 32.1. The zero-order chi connectivity index (χ0) is 9.56. The Balaban J connectivity index is 4.10. The van der Waals surface area contributed by atoms with Crippen LogP contribution in [0.25, 0.3) is 0 Å². The molecular formula is C10H17NS. The predicted octanol–water partition coefficient (Wildman–Crippen LogP) is 2.84. The second-order valence-corrected chi connectivity index (χ2v) is 3.06. The van der Waals surface area contributed by atoms with E-state index in [1.54, 1.807) is 0 Å². The topological polar surface area (TPSA) is 3.24 Å². The van der Waals surface area contributed by atoms with Crippen molar-refractivity contribution < 1.29 is 0 Å². The molecule has 0 aromatic rings. The lowest BCUT2D eigenvalue weighted by atomic mass is 10.3. The summed E-state index contributed by atoms with van der Waals surface area (Å²) < 4.78 is 0. The van der Waals surface area contributed by atoms with E-state index >= 15 is 0 Å². The number of likely N-dealkylation sites (N-methyl/N-ethyl adjacent to an activating group) is 1. The normalized spacial score (nSPS) is 10.2. The summed E-state index contributed by atoms with van der Waals surface area (Å²) in [5.41, 5.74) is 1.01. The largest absolute Gasteiger partial charge is 0.373 e. The summed E-state index contributed by atoms with van der Waals surface area (Å²) in [6.45, 7) is 13.8. The molecule has 0 bridgehead atoms.